The second kappa shape index (κ2) is 5.41. The zero-order chi connectivity index (χ0) is 17.7. The molecular formula is C20H17N3O2. The SMILES string of the molecule is CC(C)n1c(N)c2ccccc2nc2c(=O)c3ccccc3c(=O)c1=2. The molecule has 0 amide bonds. The molecule has 2 aliphatic rings. The minimum Gasteiger partial charge on any atom is -0.385 e. The van der Waals surface area contributed by atoms with Crippen molar-refractivity contribution in [2.24, 2.45) is 0 Å². The highest BCUT2D eigenvalue weighted by Crippen LogP contribution is 2.21. The van der Waals surface area contributed by atoms with E-state index in [4.69, 9.17) is 5.73 Å². The first kappa shape index (κ1) is 15.3. The van der Waals surface area contributed by atoms with Crippen LogP contribution in [-0.4, -0.2) is 9.55 Å². The average Bonchev–Trinajstić information content (AvgIpc) is 2.75. The van der Waals surface area contributed by atoms with Crippen molar-refractivity contribution in [2.45, 2.75) is 19.9 Å². The van der Waals surface area contributed by atoms with Crippen molar-refractivity contribution in [3.05, 3.63) is 79.7 Å². The molecule has 2 aromatic rings. The predicted molar refractivity (Wildman–Crippen MR) is 99.9 cm³/mol. The number of aromatic nitrogens is 2. The molecule has 124 valence electrons. The van der Waals surface area contributed by atoms with E-state index in [2.05, 4.69) is 4.98 Å². The number of fused-ring (bicyclic) bond motifs is 2. The molecule has 1 aliphatic heterocycles. The van der Waals surface area contributed by atoms with Crippen LogP contribution in [0.5, 0.6) is 0 Å². The van der Waals surface area contributed by atoms with E-state index in [9.17, 15) is 9.59 Å². The quantitative estimate of drug-likeness (QED) is 0.582. The third-order valence-corrected chi connectivity index (χ3v) is 4.50. The predicted octanol–water partition coefficient (Wildman–Crippen LogP) is 2.80. The van der Waals surface area contributed by atoms with Crippen LogP contribution in [0.25, 0.3) is 21.7 Å². The molecule has 2 N–H and O–H groups in total. The standard InChI is InChI=1S/C20H17N3O2/c1-11(2)23-17-16(22-15-10-6-5-9-14(15)20(23)21)18(24)12-7-3-4-8-13(12)19(17)25/h3-11H,21H2,1-2H3. The summed E-state index contributed by atoms with van der Waals surface area (Å²) in [4.78, 5) is 30.8. The number of hydrogen-bond donors (Lipinski definition) is 1. The first-order valence-corrected chi connectivity index (χ1v) is 8.16. The topological polar surface area (TPSA) is 78.0 Å². The molecular weight excluding hydrogens is 314 g/mol. The van der Waals surface area contributed by atoms with Gasteiger partial charge in [-0.05, 0) is 26.0 Å². The Balaban J connectivity index is 2.53. The minimum atomic E-state index is -0.250. The number of nitrogens with zero attached hydrogens (tertiary/aromatic N) is 2. The molecule has 2 aromatic carbocycles. The molecule has 4 rings (SSSR count). The van der Waals surface area contributed by atoms with E-state index in [1.807, 2.05) is 32.0 Å². The first-order chi connectivity index (χ1) is 12.0. The van der Waals surface area contributed by atoms with Gasteiger partial charge < -0.3 is 10.3 Å². The van der Waals surface area contributed by atoms with Crippen molar-refractivity contribution in [1.82, 2.24) is 9.55 Å². The second-order valence-electron chi connectivity index (χ2n) is 6.38. The molecule has 0 fully saturated rings. The molecule has 0 radical (unpaired) electrons. The van der Waals surface area contributed by atoms with E-state index in [0.29, 0.717) is 22.1 Å². The summed E-state index contributed by atoms with van der Waals surface area (Å²) in [6, 6.07) is 14.1. The zero-order valence-electron chi connectivity index (χ0n) is 14.0. The van der Waals surface area contributed by atoms with Gasteiger partial charge in [-0.15, -0.1) is 0 Å². The van der Waals surface area contributed by atoms with Crippen molar-refractivity contribution in [3.63, 3.8) is 0 Å². The lowest BCUT2D eigenvalue weighted by molar-refractivity contribution is 0.591. The molecule has 0 aromatic heterocycles. The van der Waals surface area contributed by atoms with Crippen molar-refractivity contribution in [2.75, 3.05) is 5.73 Å². The lowest BCUT2D eigenvalue weighted by atomic mass is 10.1. The van der Waals surface area contributed by atoms with E-state index in [1.165, 1.54) is 0 Å². The van der Waals surface area contributed by atoms with Gasteiger partial charge in [-0.25, -0.2) is 4.98 Å². The van der Waals surface area contributed by atoms with Gasteiger partial charge in [0.15, 0.2) is 0 Å². The Labute approximate surface area is 143 Å². The largest absolute Gasteiger partial charge is 0.385 e. The molecule has 1 aliphatic carbocycles. The van der Waals surface area contributed by atoms with Gasteiger partial charge in [-0.2, -0.15) is 0 Å². The van der Waals surface area contributed by atoms with E-state index >= 15 is 0 Å². The van der Waals surface area contributed by atoms with Crippen LogP contribution in [0.4, 0.5) is 5.82 Å². The Morgan fingerprint density at radius 2 is 1.44 bits per heavy atom. The number of benzene rings is 2. The van der Waals surface area contributed by atoms with E-state index < -0.39 is 0 Å². The fourth-order valence-electron chi connectivity index (χ4n) is 3.37. The average molecular weight is 331 g/mol. The molecule has 1 heterocycles. The Hall–Kier alpha value is -3.21. The van der Waals surface area contributed by atoms with E-state index in [-0.39, 0.29) is 27.6 Å². The Bertz CT molecular complexity index is 1320. The number of anilines is 1. The van der Waals surface area contributed by atoms with Crippen molar-refractivity contribution in [3.8, 4) is 0 Å². The summed E-state index contributed by atoms with van der Waals surface area (Å²) >= 11 is 0. The lowest BCUT2D eigenvalue weighted by Crippen LogP contribution is -2.22. The van der Waals surface area contributed by atoms with Crippen LogP contribution >= 0.6 is 0 Å². The lowest BCUT2D eigenvalue weighted by Gasteiger charge is -2.14. The molecule has 0 atom stereocenters. The van der Waals surface area contributed by atoms with Crippen molar-refractivity contribution < 1.29 is 0 Å². The van der Waals surface area contributed by atoms with Gasteiger partial charge in [0, 0.05) is 22.2 Å². The number of hydrogen-bond acceptors (Lipinski definition) is 4. The van der Waals surface area contributed by atoms with Gasteiger partial charge in [0.25, 0.3) is 0 Å². The summed E-state index contributed by atoms with van der Waals surface area (Å²) in [7, 11) is 0. The van der Waals surface area contributed by atoms with Gasteiger partial charge in [0.1, 0.15) is 16.5 Å². The summed E-state index contributed by atoms with van der Waals surface area (Å²) in [6.45, 7) is 3.87. The third kappa shape index (κ3) is 2.12. The van der Waals surface area contributed by atoms with Crippen LogP contribution in [0, 0.1) is 10.7 Å². The smallest absolute Gasteiger partial charge is 0.214 e. The van der Waals surface area contributed by atoms with Crippen molar-refractivity contribution in [1.29, 1.82) is 0 Å². The molecule has 0 saturated carbocycles. The second-order valence-corrected chi connectivity index (χ2v) is 6.38. The monoisotopic (exact) mass is 331 g/mol. The van der Waals surface area contributed by atoms with Crippen LogP contribution < -0.4 is 16.6 Å². The van der Waals surface area contributed by atoms with Crippen LogP contribution in [-0.2, 0) is 0 Å². The van der Waals surface area contributed by atoms with Gasteiger partial charge in [-0.1, -0.05) is 36.4 Å². The van der Waals surface area contributed by atoms with Crippen LogP contribution in [0.2, 0.25) is 0 Å². The highest BCUT2D eigenvalue weighted by Gasteiger charge is 2.15. The molecule has 25 heavy (non-hydrogen) atoms. The number of nitrogens with two attached hydrogens (primary N) is 1. The highest BCUT2D eigenvalue weighted by atomic mass is 16.1. The Kier molecular flexibility index (Phi) is 3.32. The number of nitrogen functional groups attached to an aromatic ring is 1. The van der Waals surface area contributed by atoms with Crippen LogP contribution in [0.15, 0.2) is 58.1 Å². The fraction of sp³-hybridized carbons (Fsp3) is 0.150. The van der Waals surface area contributed by atoms with Crippen LogP contribution in [0.3, 0.4) is 0 Å². The molecule has 0 unspecified atom stereocenters. The Morgan fingerprint density at radius 3 is 2.08 bits per heavy atom. The third-order valence-electron chi connectivity index (χ3n) is 4.50. The summed E-state index contributed by atoms with van der Waals surface area (Å²) in [5.74, 6) is 0.430. The number of rotatable bonds is 1. The highest BCUT2D eigenvalue weighted by molar-refractivity contribution is 5.88. The normalized spacial score (nSPS) is 11.6. The Morgan fingerprint density at radius 1 is 0.880 bits per heavy atom. The maximum absolute atomic E-state index is 13.2. The van der Waals surface area contributed by atoms with Crippen molar-refractivity contribution >= 4 is 27.5 Å². The zero-order valence-corrected chi connectivity index (χ0v) is 14.0. The summed E-state index contributed by atoms with van der Waals surface area (Å²) < 4.78 is 1.72. The molecule has 0 spiro atoms. The molecule has 5 heteroatoms. The molecule has 5 nitrogen and oxygen atoms in total. The van der Waals surface area contributed by atoms with E-state index in [1.54, 1.807) is 34.9 Å². The summed E-state index contributed by atoms with van der Waals surface area (Å²) in [6.07, 6.45) is 0. The summed E-state index contributed by atoms with van der Waals surface area (Å²) in [5.41, 5.74) is 6.53. The summed E-state index contributed by atoms with van der Waals surface area (Å²) in [5, 5.41) is 1.91. The maximum Gasteiger partial charge on any atom is 0.214 e. The molecule has 0 bridgehead atoms. The number of para-hydroxylation sites is 1. The fourth-order valence-corrected chi connectivity index (χ4v) is 3.37. The first-order valence-electron chi connectivity index (χ1n) is 8.16. The van der Waals surface area contributed by atoms with Gasteiger partial charge in [-0.3, -0.25) is 9.59 Å². The van der Waals surface area contributed by atoms with Gasteiger partial charge in [0.05, 0.1) is 5.52 Å². The molecule has 0 saturated heterocycles. The van der Waals surface area contributed by atoms with Crippen LogP contribution in [0.1, 0.15) is 19.9 Å². The van der Waals surface area contributed by atoms with Gasteiger partial charge in [0.2, 0.25) is 10.9 Å². The minimum absolute atomic E-state index is 0.103. The van der Waals surface area contributed by atoms with Gasteiger partial charge >= 0.3 is 0 Å². The van der Waals surface area contributed by atoms with E-state index in [0.717, 1.165) is 5.39 Å². The maximum atomic E-state index is 13.2.